The normalized spacial score (nSPS) is 22.0. The molecule has 0 aromatic carbocycles. The van der Waals surface area contributed by atoms with Gasteiger partial charge in [-0.25, -0.2) is 8.42 Å². The minimum absolute atomic E-state index is 0.0778. The van der Waals surface area contributed by atoms with Crippen molar-refractivity contribution in [3.05, 3.63) is 22.4 Å². The second-order valence-corrected chi connectivity index (χ2v) is 7.52. The second-order valence-electron chi connectivity index (χ2n) is 4.38. The van der Waals surface area contributed by atoms with E-state index in [1.807, 2.05) is 6.92 Å². The van der Waals surface area contributed by atoms with Crippen LogP contribution in [0.25, 0.3) is 0 Å². The maximum absolute atomic E-state index is 12.3. The minimum Gasteiger partial charge on any atom is -0.356 e. The number of aromatic amines is 1. The van der Waals surface area contributed by atoms with E-state index in [1.165, 1.54) is 0 Å². The lowest BCUT2D eigenvalue weighted by Gasteiger charge is -2.26. The minimum atomic E-state index is -2.97. The molecule has 0 saturated carbocycles. The Morgan fingerprint density at radius 3 is 2.78 bits per heavy atom. The van der Waals surface area contributed by atoms with Crippen LogP contribution in [0.5, 0.6) is 0 Å². The molecule has 0 radical (unpaired) electrons. The quantitative estimate of drug-likeness (QED) is 0.908. The number of sulfone groups is 1. The van der Waals surface area contributed by atoms with Gasteiger partial charge in [-0.3, -0.25) is 4.79 Å². The van der Waals surface area contributed by atoms with Gasteiger partial charge >= 0.3 is 0 Å². The number of nitrogens with one attached hydrogen (secondary N) is 1. The summed E-state index contributed by atoms with van der Waals surface area (Å²) < 4.78 is 23.7. The van der Waals surface area contributed by atoms with Crippen LogP contribution in [0.1, 0.15) is 23.8 Å². The van der Waals surface area contributed by atoms with Crippen molar-refractivity contribution in [3.63, 3.8) is 0 Å². The molecule has 0 aliphatic carbocycles. The van der Waals surface area contributed by atoms with Crippen molar-refractivity contribution in [2.24, 2.45) is 0 Å². The monoisotopic (exact) mass is 334 g/mol. The third kappa shape index (κ3) is 2.77. The summed E-state index contributed by atoms with van der Waals surface area (Å²) in [5, 5.41) is 0. The molecule has 1 N–H and O–H groups in total. The Hall–Kier alpha value is -0.820. The molecule has 100 valence electrons. The summed E-state index contributed by atoms with van der Waals surface area (Å²) >= 11 is 3.28. The zero-order valence-corrected chi connectivity index (χ0v) is 12.4. The van der Waals surface area contributed by atoms with Crippen LogP contribution in [0.2, 0.25) is 0 Å². The van der Waals surface area contributed by atoms with Crippen LogP contribution in [0.4, 0.5) is 0 Å². The lowest BCUT2D eigenvalue weighted by atomic mass is 10.2. The number of hydrogen-bond acceptors (Lipinski definition) is 3. The van der Waals surface area contributed by atoms with Crippen molar-refractivity contribution in [2.45, 2.75) is 19.4 Å². The first kappa shape index (κ1) is 13.6. The van der Waals surface area contributed by atoms with Gasteiger partial charge in [-0.05, 0) is 35.3 Å². The van der Waals surface area contributed by atoms with E-state index in [1.54, 1.807) is 17.2 Å². The third-order valence-electron chi connectivity index (χ3n) is 3.13. The molecule has 1 unspecified atom stereocenters. The fraction of sp³-hybridized carbons (Fsp3) is 0.545. The molecule has 1 atom stereocenters. The van der Waals surface area contributed by atoms with Gasteiger partial charge in [0, 0.05) is 23.3 Å². The zero-order chi connectivity index (χ0) is 13.3. The van der Waals surface area contributed by atoms with E-state index in [-0.39, 0.29) is 23.5 Å². The Labute approximate surface area is 115 Å². The highest BCUT2D eigenvalue weighted by atomic mass is 79.9. The number of rotatable bonds is 3. The zero-order valence-electron chi connectivity index (χ0n) is 10.0. The summed E-state index contributed by atoms with van der Waals surface area (Å²) in [6, 6.07) is 1.50. The van der Waals surface area contributed by atoms with E-state index >= 15 is 0 Å². The van der Waals surface area contributed by atoms with Crippen LogP contribution in [0, 0.1) is 0 Å². The molecule has 7 heteroatoms. The first-order valence-electron chi connectivity index (χ1n) is 5.78. The number of carbonyl (C=O) groups is 1. The third-order valence-corrected chi connectivity index (χ3v) is 5.34. The van der Waals surface area contributed by atoms with E-state index < -0.39 is 9.84 Å². The molecular formula is C11H15BrN2O3S. The van der Waals surface area contributed by atoms with E-state index in [9.17, 15) is 13.2 Å². The Kier molecular flexibility index (Phi) is 3.82. The Balaban J connectivity index is 2.17. The van der Waals surface area contributed by atoms with E-state index in [2.05, 4.69) is 20.9 Å². The van der Waals surface area contributed by atoms with Crippen molar-refractivity contribution < 1.29 is 13.2 Å². The highest BCUT2D eigenvalue weighted by Gasteiger charge is 2.34. The van der Waals surface area contributed by atoms with Gasteiger partial charge < -0.3 is 9.88 Å². The van der Waals surface area contributed by atoms with Crippen LogP contribution >= 0.6 is 15.9 Å². The molecule has 1 aromatic heterocycles. The maximum atomic E-state index is 12.3. The van der Waals surface area contributed by atoms with Crippen LogP contribution in [0.3, 0.4) is 0 Å². The number of H-pyrrole nitrogens is 1. The van der Waals surface area contributed by atoms with Gasteiger partial charge in [0.05, 0.1) is 11.5 Å². The van der Waals surface area contributed by atoms with Gasteiger partial charge in [-0.2, -0.15) is 0 Å². The Morgan fingerprint density at radius 2 is 2.33 bits per heavy atom. The Morgan fingerprint density at radius 1 is 1.61 bits per heavy atom. The molecular weight excluding hydrogens is 320 g/mol. The predicted octanol–water partition coefficient (Wildman–Crippen LogP) is 1.43. The van der Waals surface area contributed by atoms with Crippen LogP contribution in [0.15, 0.2) is 16.7 Å². The number of hydrogen-bond donors (Lipinski definition) is 1. The summed E-state index contributed by atoms with van der Waals surface area (Å²) in [5.74, 6) is 0.106. The topological polar surface area (TPSA) is 70.2 Å². The molecule has 1 fully saturated rings. The molecule has 1 aliphatic heterocycles. The van der Waals surface area contributed by atoms with Gasteiger partial charge in [-0.1, -0.05) is 0 Å². The molecule has 1 aliphatic rings. The van der Waals surface area contributed by atoms with Crippen molar-refractivity contribution in [1.29, 1.82) is 0 Å². The van der Waals surface area contributed by atoms with Gasteiger partial charge in [0.1, 0.15) is 5.69 Å². The number of nitrogens with zero attached hydrogens (tertiary/aromatic N) is 1. The second kappa shape index (κ2) is 5.05. The van der Waals surface area contributed by atoms with Gasteiger partial charge in [0.15, 0.2) is 9.84 Å². The van der Waals surface area contributed by atoms with Crippen LogP contribution in [-0.4, -0.2) is 48.3 Å². The first-order chi connectivity index (χ1) is 8.43. The molecule has 5 nitrogen and oxygen atoms in total. The molecule has 1 aromatic rings. The van der Waals surface area contributed by atoms with Gasteiger partial charge in [0.25, 0.3) is 5.91 Å². The summed E-state index contributed by atoms with van der Waals surface area (Å²) in [6.07, 6.45) is 2.22. The van der Waals surface area contributed by atoms with Crippen molar-refractivity contribution in [2.75, 3.05) is 18.1 Å². The van der Waals surface area contributed by atoms with Crippen molar-refractivity contribution in [1.82, 2.24) is 9.88 Å². The summed E-state index contributed by atoms with van der Waals surface area (Å²) in [7, 11) is -2.97. The van der Waals surface area contributed by atoms with Crippen LogP contribution in [-0.2, 0) is 9.84 Å². The fourth-order valence-electron chi connectivity index (χ4n) is 2.23. The first-order valence-corrected chi connectivity index (χ1v) is 8.39. The van der Waals surface area contributed by atoms with Crippen molar-refractivity contribution in [3.8, 4) is 0 Å². The molecule has 0 bridgehead atoms. The summed E-state index contributed by atoms with van der Waals surface area (Å²) in [6.45, 7) is 2.37. The average Bonchev–Trinajstić information content (AvgIpc) is 2.86. The number of amides is 1. The SMILES string of the molecule is CCN(C(=O)c1cc(Br)c[nH]1)C1CCS(=O)(=O)C1. The Bertz CT molecular complexity index is 552. The average molecular weight is 335 g/mol. The molecule has 18 heavy (non-hydrogen) atoms. The smallest absolute Gasteiger partial charge is 0.270 e. The van der Waals surface area contributed by atoms with E-state index in [4.69, 9.17) is 0 Å². The van der Waals surface area contributed by atoms with E-state index in [0.717, 1.165) is 4.47 Å². The standard InChI is InChI=1S/C11H15BrN2O3S/c1-2-14(9-3-4-18(16,17)7-9)11(15)10-5-8(12)6-13-10/h5-6,9,13H,2-4,7H2,1H3. The number of carbonyl (C=O) groups excluding carboxylic acids is 1. The summed E-state index contributed by atoms with van der Waals surface area (Å²) in [4.78, 5) is 16.8. The molecule has 2 rings (SSSR count). The number of aromatic nitrogens is 1. The molecule has 1 amide bonds. The van der Waals surface area contributed by atoms with Gasteiger partial charge in [-0.15, -0.1) is 0 Å². The van der Waals surface area contributed by atoms with E-state index in [0.29, 0.717) is 18.7 Å². The number of halogens is 1. The highest BCUT2D eigenvalue weighted by Crippen LogP contribution is 2.20. The lowest BCUT2D eigenvalue weighted by Crippen LogP contribution is -2.41. The molecule has 2 heterocycles. The van der Waals surface area contributed by atoms with Crippen LogP contribution < -0.4 is 0 Å². The molecule has 1 saturated heterocycles. The fourth-order valence-corrected chi connectivity index (χ4v) is 4.31. The lowest BCUT2D eigenvalue weighted by molar-refractivity contribution is 0.0703. The largest absolute Gasteiger partial charge is 0.356 e. The maximum Gasteiger partial charge on any atom is 0.270 e. The highest BCUT2D eigenvalue weighted by molar-refractivity contribution is 9.10. The molecule has 0 spiro atoms. The predicted molar refractivity (Wildman–Crippen MR) is 72.3 cm³/mol. The van der Waals surface area contributed by atoms with Gasteiger partial charge in [0.2, 0.25) is 0 Å². The van der Waals surface area contributed by atoms with Crippen molar-refractivity contribution >= 4 is 31.7 Å². The summed E-state index contributed by atoms with van der Waals surface area (Å²) in [5.41, 5.74) is 0.480.